The van der Waals surface area contributed by atoms with Crippen LogP contribution < -0.4 is 11.2 Å². The summed E-state index contributed by atoms with van der Waals surface area (Å²) in [6.45, 7) is 2.77. The van der Waals surface area contributed by atoms with E-state index in [0.29, 0.717) is 34.6 Å². The van der Waals surface area contributed by atoms with Crippen molar-refractivity contribution in [2.45, 2.75) is 26.5 Å². The lowest BCUT2D eigenvalue weighted by Crippen LogP contribution is -2.29. The molecule has 0 fully saturated rings. The molecule has 154 valence electrons. The number of halogens is 2. The maximum Gasteiger partial charge on any atom is 0.349 e. The van der Waals surface area contributed by atoms with Crippen molar-refractivity contribution in [3.63, 3.8) is 0 Å². The highest BCUT2D eigenvalue weighted by molar-refractivity contribution is 6.32. The number of H-pyrrole nitrogens is 1. The second-order valence-electron chi connectivity index (χ2n) is 6.78. The molecule has 2 aromatic rings. The minimum atomic E-state index is -0.743. The Hall–Kier alpha value is -3.10. The molecule has 0 radical (unpaired) electrons. The molecule has 4 rings (SSSR count). The van der Waals surface area contributed by atoms with E-state index in [1.54, 1.807) is 22.8 Å². The van der Waals surface area contributed by atoms with Crippen LogP contribution in [0.3, 0.4) is 0 Å². The van der Waals surface area contributed by atoms with Gasteiger partial charge >= 0.3 is 5.69 Å². The van der Waals surface area contributed by atoms with E-state index in [4.69, 9.17) is 16.3 Å². The molecule has 0 aromatic heterocycles. The lowest BCUT2D eigenvalue weighted by molar-refractivity contribution is 0.113. The molecule has 2 aliphatic rings. The molecule has 0 saturated carbocycles. The van der Waals surface area contributed by atoms with Crippen LogP contribution in [0.25, 0.3) is 22.6 Å². The Kier molecular flexibility index (Phi) is 5.61. The van der Waals surface area contributed by atoms with Crippen LogP contribution >= 0.6 is 11.6 Å². The summed E-state index contributed by atoms with van der Waals surface area (Å²) < 4.78 is 20.7. The van der Waals surface area contributed by atoms with Crippen LogP contribution in [-0.2, 0) is 24.3 Å². The third-order valence-corrected chi connectivity index (χ3v) is 5.13. The van der Waals surface area contributed by atoms with Gasteiger partial charge in [0.1, 0.15) is 5.82 Å². The van der Waals surface area contributed by atoms with Gasteiger partial charge in [-0.15, -0.1) is 0 Å². The molecule has 2 aromatic carbocycles. The molecule has 30 heavy (non-hydrogen) atoms. The second-order valence-corrected chi connectivity index (χ2v) is 7.18. The average Bonchev–Trinajstić information content (AvgIpc) is 2.70. The van der Waals surface area contributed by atoms with E-state index in [-0.39, 0.29) is 30.5 Å². The topological polar surface area (TPSA) is 89.9 Å². The van der Waals surface area contributed by atoms with Crippen molar-refractivity contribution in [1.29, 1.82) is 0 Å². The number of aromatic nitrogens is 4. The zero-order valence-electron chi connectivity index (χ0n) is 16.1. The van der Waals surface area contributed by atoms with Crippen LogP contribution in [0.4, 0.5) is 4.39 Å². The number of benzene rings is 2. The number of ether oxygens (including phenoxy) is 1. The van der Waals surface area contributed by atoms with E-state index in [9.17, 15) is 14.0 Å². The largest absolute Gasteiger partial charge is 0.375 e. The van der Waals surface area contributed by atoms with Crippen molar-refractivity contribution in [3.8, 4) is 11.5 Å². The van der Waals surface area contributed by atoms with Crippen LogP contribution in [0.2, 0.25) is 5.02 Å². The number of hydrogen-bond acceptors (Lipinski definition) is 5. The number of aromatic amines is 1. The molecule has 1 N–H and O–H groups in total. The zero-order valence-corrected chi connectivity index (χ0v) is 16.9. The molecule has 0 bridgehead atoms. The van der Waals surface area contributed by atoms with Gasteiger partial charge in [0.05, 0.1) is 24.2 Å². The number of fused-ring (bicyclic) bond motifs is 2. The van der Waals surface area contributed by atoms with Gasteiger partial charge < -0.3 is 9.30 Å². The number of hydrogen-bond donors (Lipinski definition) is 1. The van der Waals surface area contributed by atoms with Crippen molar-refractivity contribution in [2.24, 2.45) is 0 Å². The first-order valence-electron chi connectivity index (χ1n) is 9.41. The normalized spacial score (nSPS) is 11.4. The first-order valence-corrected chi connectivity index (χ1v) is 9.79. The first-order chi connectivity index (χ1) is 14.5. The van der Waals surface area contributed by atoms with E-state index in [0.717, 1.165) is 5.56 Å². The minimum Gasteiger partial charge on any atom is -0.375 e. The predicted molar refractivity (Wildman–Crippen MR) is 111 cm³/mol. The molecule has 0 atom stereocenters. The van der Waals surface area contributed by atoms with E-state index < -0.39 is 11.2 Å². The summed E-state index contributed by atoms with van der Waals surface area (Å²) in [6, 6.07) is 9.75. The fraction of sp³-hybridized carbons (Fsp3) is 0.238. The molecule has 2 heterocycles. The van der Waals surface area contributed by atoms with Gasteiger partial charge in [-0.3, -0.25) is 9.78 Å². The Bertz CT molecular complexity index is 1320. The third-order valence-electron chi connectivity index (χ3n) is 4.77. The van der Waals surface area contributed by atoms with Crippen molar-refractivity contribution >= 4 is 22.6 Å². The summed E-state index contributed by atoms with van der Waals surface area (Å²) in [6.07, 6.45) is 0.707. The summed E-state index contributed by atoms with van der Waals surface area (Å²) in [5, 5.41) is 0.551. The molecule has 0 saturated heterocycles. The molecule has 0 aliphatic carbocycles. The lowest BCUT2D eigenvalue weighted by atomic mass is 10.1. The SMILES string of the molecule is CCc1cc2c(cc1Cl)nc1c(=O)[nH]c(=O)nc-1n2CCOCc1cccc(F)c1. The Morgan fingerprint density at radius 1 is 1.20 bits per heavy atom. The molecular weight excluding hydrogens is 411 g/mol. The summed E-state index contributed by atoms with van der Waals surface area (Å²) >= 11 is 6.32. The van der Waals surface area contributed by atoms with Gasteiger partial charge in [-0.05, 0) is 41.8 Å². The summed E-state index contributed by atoms with van der Waals surface area (Å²) in [5.41, 5.74) is 1.52. The summed E-state index contributed by atoms with van der Waals surface area (Å²) in [7, 11) is 0. The maximum atomic E-state index is 13.3. The molecule has 9 heteroatoms. The van der Waals surface area contributed by atoms with Crippen molar-refractivity contribution < 1.29 is 9.13 Å². The van der Waals surface area contributed by atoms with E-state index in [2.05, 4.69) is 15.0 Å². The number of nitrogens with one attached hydrogen (secondary N) is 1. The van der Waals surface area contributed by atoms with Crippen LogP contribution in [0.1, 0.15) is 18.1 Å². The van der Waals surface area contributed by atoms with E-state index in [1.807, 2.05) is 13.0 Å². The Morgan fingerprint density at radius 2 is 2.03 bits per heavy atom. The highest BCUT2D eigenvalue weighted by atomic mass is 35.5. The van der Waals surface area contributed by atoms with E-state index in [1.165, 1.54) is 12.1 Å². The molecule has 2 aliphatic heterocycles. The van der Waals surface area contributed by atoms with Crippen LogP contribution in [0.5, 0.6) is 0 Å². The molecule has 7 nitrogen and oxygen atoms in total. The summed E-state index contributed by atoms with van der Waals surface area (Å²) in [5.74, 6) is -0.151. The molecule has 0 amide bonds. The smallest absolute Gasteiger partial charge is 0.349 e. The number of aryl methyl sites for hydroxylation is 1. The van der Waals surface area contributed by atoms with Gasteiger partial charge in [-0.2, -0.15) is 4.98 Å². The van der Waals surface area contributed by atoms with E-state index >= 15 is 0 Å². The van der Waals surface area contributed by atoms with Crippen molar-refractivity contribution in [3.05, 3.63) is 79.2 Å². The Labute approximate surface area is 175 Å². The Morgan fingerprint density at radius 3 is 2.80 bits per heavy atom. The fourth-order valence-electron chi connectivity index (χ4n) is 3.33. The maximum absolute atomic E-state index is 13.3. The molecule has 0 spiro atoms. The number of rotatable bonds is 6. The highest BCUT2D eigenvalue weighted by Gasteiger charge is 2.19. The van der Waals surface area contributed by atoms with Crippen LogP contribution in [0, 0.1) is 5.82 Å². The zero-order chi connectivity index (χ0) is 21.3. The monoisotopic (exact) mass is 428 g/mol. The quantitative estimate of drug-likeness (QED) is 0.376. The van der Waals surface area contributed by atoms with Gasteiger partial charge in [-0.25, -0.2) is 14.2 Å². The van der Waals surface area contributed by atoms with Gasteiger partial charge in [-0.1, -0.05) is 30.7 Å². The highest BCUT2D eigenvalue weighted by Crippen LogP contribution is 2.27. The van der Waals surface area contributed by atoms with Crippen molar-refractivity contribution in [2.75, 3.05) is 6.61 Å². The van der Waals surface area contributed by atoms with Gasteiger partial charge in [0.2, 0.25) is 0 Å². The van der Waals surface area contributed by atoms with Gasteiger partial charge in [0, 0.05) is 11.6 Å². The lowest BCUT2D eigenvalue weighted by Gasteiger charge is -2.18. The molecule has 0 unspecified atom stereocenters. The predicted octanol–water partition coefficient (Wildman–Crippen LogP) is 3.16. The van der Waals surface area contributed by atoms with Crippen LogP contribution in [-0.4, -0.2) is 26.1 Å². The van der Waals surface area contributed by atoms with Crippen molar-refractivity contribution in [1.82, 2.24) is 19.5 Å². The first kappa shape index (κ1) is 20.2. The minimum absolute atomic E-state index is 0.0487. The standard InChI is InChI=1S/C21H18ClFN4O3/c1-2-13-9-17-16(10-15(13)22)24-18-19(25-21(29)26-20(18)28)27(17)6-7-30-11-12-4-3-5-14(23)8-12/h3-5,8-10H,2,6-7,11H2,1H3,(H,26,28,29). The Balaban J connectivity index is 1.73. The molecular formula is C21H18ClFN4O3. The van der Waals surface area contributed by atoms with Gasteiger partial charge in [0.15, 0.2) is 11.5 Å². The summed E-state index contributed by atoms with van der Waals surface area (Å²) in [4.78, 5) is 34.6. The average molecular weight is 429 g/mol. The third kappa shape index (κ3) is 3.96. The number of nitrogens with zero attached hydrogens (tertiary/aromatic N) is 3. The second kappa shape index (κ2) is 8.33. The van der Waals surface area contributed by atoms with Crippen LogP contribution in [0.15, 0.2) is 46.0 Å². The van der Waals surface area contributed by atoms with Gasteiger partial charge in [0.25, 0.3) is 5.56 Å². The fourth-order valence-corrected chi connectivity index (χ4v) is 3.62.